The van der Waals surface area contributed by atoms with Crippen LogP contribution in [0.25, 0.3) is 0 Å². The van der Waals surface area contributed by atoms with Crippen molar-refractivity contribution in [1.82, 2.24) is 4.41 Å². The third kappa shape index (κ3) is 2.80. The SMILES string of the molecule is CON=[N+]([O-])N(C)S(=O)(=O)c1ccc(OC)cc1. The molecule has 0 heterocycles. The lowest BCUT2D eigenvalue weighted by atomic mass is 10.3. The van der Waals surface area contributed by atoms with Gasteiger partial charge in [-0.3, -0.25) is 0 Å². The van der Waals surface area contributed by atoms with Crippen LogP contribution in [0.5, 0.6) is 5.75 Å². The molecule has 0 fully saturated rings. The van der Waals surface area contributed by atoms with E-state index >= 15 is 0 Å². The fourth-order valence-electron chi connectivity index (χ4n) is 1.11. The number of rotatable bonds is 5. The number of hydrogen-bond acceptors (Lipinski definition) is 6. The molecule has 100 valence electrons. The maximum Gasteiger partial charge on any atom is 0.311 e. The van der Waals surface area contributed by atoms with E-state index in [1.54, 1.807) is 0 Å². The minimum atomic E-state index is -3.97. The Morgan fingerprint density at radius 3 is 2.28 bits per heavy atom. The van der Waals surface area contributed by atoms with Crippen molar-refractivity contribution in [2.75, 3.05) is 21.3 Å². The maximum absolute atomic E-state index is 12.0. The molecule has 0 saturated carbocycles. The summed E-state index contributed by atoms with van der Waals surface area (Å²) in [5.41, 5.74) is 0. The summed E-state index contributed by atoms with van der Waals surface area (Å²) >= 11 is 0. The fraction of sp³-hybridized carbons (Fsp3) is 0.333. The molecule has 18 heavy (non-hydrogen) atoms. The van der Waals surface area contributed by atoms with Gasteiger partial charge in [-0.2, -0.15) is 8.42 Å². The Balaban J connectivity index is 3.09. The van der Waals surface area contributed by atoms with Gasteiger partial charge in [0.15, 0.2) is 0 Å². The molecule has 0 aliphatic heterocycles. The van der Waals surface area contributed by atoms with Gasteiger partial charge in [0.25, 0.3) is 0 Å². The normalized spacial score (nSPS) is 12.1. The minimum Gasteiger partial charge on any atom is -0.568 e. The lowest BCUT2D eigenvalue weighted by Crippen LogP contribution is -2.33. The van der Waals surface area contributed by atoms with Crippen molar-refractivity contribution in [1.29, 1.82) is 0 Å². The first-order chi connectivity index (χ1) is 8.43. The molecule has 1 aromatic rings. The van der Waals surface area contributed by atoms with Crippen LogP contribution in [0.4, 0.5) is 0 Å². The molecule has 0 atom stereocenters. The number of hydrogen-bond donors (Lipinski definition) is 0. The molecule has 0 amide bonds. The fourth-order valence-corrected chi connectivity index (χ4v) is 2.11. The smallest absolute Gasteiger partial charge is 0.311 e. The van der Waals surface area contributed by atoms with Gasteiger partial charge in [-0.1, -0.05) is 0 Å². The number of ether oxygens (including phenoxy) is 1. The van der Waals surface area contributed by atoms with E-state index in [-0.39, 0.29) is 9.87 Å². The van der Waals surface area contributed by atoms with Gasteiger partial charge < -0.3 is 14.8 Å². The maximum atomic E-state index is 12.0. The van der Waals surface area contributed by atoms with Gasteiger partial charge in [0, 0.05) is 0 Å². The summed E-state index contributed by atoms with van der Waals surface area (Å²) in [4.78, 5) is 3.98. The minimum absolute atomic E-state index is 0.0575. The van der Waals surface area contributed by atoms with Crippen molar-refractivity contribution in [3.63, 3.8) is 0 Å². The van der Waals surface area contributed by atoms with Crippen molar-refractivity contribution in [2.45, 2.75) is 4.90 Å². The predicted octanol–water partition coefficient (Wildman–Crippen LogP) is 0.755. The Morgan fingerprint density at radius 1 is 1.28 bits per heavy atom. The molecule has 0 unspecified atom stereocenters. The highest BCUT2D eigenvalue weighted by atomic mass is 32.2. The molecule has 0 aliphatic rings. The summed E-state index contributed by atoms with van der Waals surface area (Å²) in [5, 5.41) is 14.2. The summed E-state index contributed by atoms with van der Waals surface area (Å²) in [6.45, 7) is 0. The van der Waals surface area contributed by atoms with E-state index in [0.29, 0.717) is 10.2 Å². The molecule has 0 bridgehead atoms. The zero-order chi connectivity index (χ0) is 13.8. The van der Waals surface area contributed by atoms with E-state index in [0.717, 1.165) is 14.2 Å². The van der Waals surface area contributed by atoms with Crippen LogP contribution in [0, 0.1) is 5.21 Å². The molecule has 9 heteroatoms. The Labute approximate surface area is 105 Å². The van der Waals surface area contributed by atoms with Crippen LogP contribution >= 0.6 is 0 Å². The average Bonchev–Trinajstić information content (AvgIpc) is 2.38. The van der Waals surface area contributed by atoms with Gasteiger partial charge in [-0.05, 0) is 28.7 Å². The van der Waals surface area contributed by atoms with Crippen molar-refractivity contribution in [2.24, 2.45) is 5.28 Å². The lowest BCUT2D eigenvalue weighted by Gasteiger charge is -2.13. The van der Waals surface area contributed by atoms with Gasteiger partial charge in [0.2, 0.25) is 5.28 Å². The van der Waals surface area contributed by atoms with Crippen LogP contribution in [0.1, 0.15) is 0 Å². The van der Waals surface area contributed by atoms with E-state index in [1.807, 2.05) is 0 Å². The summed E-state index contributed by atoms with van der Waals surface area (Å²) in [6.07, 6.45) is 0. The van der Waals surface area contributed by atoms with E-state index in [4.69, 9.17) is 4.74 Å². The van der Waals surface area contributed by atoms with Crippen molar-refractivity contribution in [3.8, 4) is 5.75 Å². The third-order valence-electron chi connectivity index (χ3n) is 2.10. The van der Waals surface area contributed by atoms with Crippen LogP contribution in [-0.4, -0.2) is 39.1 Å². The van der Waals surface area contributed by atoms with Crippen LogP contribution in [0.15, 0.2) is 34.4 Å². The Morgan fingerprint density at radius 2 is 1.83 bits per heavy atom. The first-order valence-corrected chi connectivity index (χ1v) is 6.21. The second kappa shape index (κ2) is 5.54. The summed E-state index contributed by atoms with van der Waals surface area (Å²) in [7, 11) is -0.301. The highest BCUT2D eigenvalue weighted by molar-refractivity contribution is 7.89. The molecule has 0 aliphatic carbocycles. The molecule has 1 aromatic carbocycles. The first kappa shape index (κ1) is 14.0. The van der Waals surface area contributed by atoms with E-state index in [9.17, 15) is 13.6 Å². The first-order valence-electron chi connectivity index (χ1n) is 4.77. The van der Waals surface area contributed by atoms with Gasteiger partial charge in [0.05, 0.1) is 24.0 Å². The Kier molecular flexibility index (Phi) is 4.32. The molecule has 8 nitrogen and oxygen atoms in total. The molecule has 0 saturated heterocycles. The van der Waals surface area contributed by atoms with Crippen LogP contribution < -0.4 is 4.74 Å². The highest BCUT2D eigenvalue weighted by Crippen LogP contribution is 2.18. The third-order valence-corrected chi connectivity index (χ3v) is 3.80. The Hall–Kier alpha value is -2.03. The average molecular weight is 275 g/mol. The predicted molar refractivity (Wildman–Crippen MR) is 61.0 cm³/mol. The van der Waals surface area contributed by atoms with Crippen LogP contribution in [0.3, 0.4) is 0 Å². The monoisotopic (exact) mass is 275 g/mol. The number of methoxy groups -OCH3 is 1. The molecule has 0 aromatic heterocycles. The second-order valence-corrected chi connectivity index (χ2v) is 5.08. The molecule has 1 rings (SSSR count). The van der Waals surface area contributed by atoms with E-state index in [1.165, 1.54) is 31.4 Å². The number of sulfonamides is 1. The zero-order valence-electron chi connectivity index (χ0n) is 10.1. The quantitative estimate of drug-likeness (QED) is 0.449. The van der Waals surface area contributed by atoms with Crippen molar-refractivity contribution >= 4 is 10.0 Å². The van der Waals surface area contributed by atoms with Crippen LogP contribution in [0.2, 0.25) is 0 Å². The highest BCUT2D eigenvalue weighted by Gasteiger charge is 2.27. The largest absolute Gasteiger partial charge is 0.568 e. The van der Waals surface area contributed by atoms with E-state index in [2.05, 4.69) is 10.1 Å². The summed E-state index contributed by atoms with van der Waals surface area (Å²) in [6, 6.07) is 5.60. The number of hydrazine groups is 1. The number of nitrogens with zero attached hydrogens (tertiary/aromatic N) is 3. The van der Waals surface area contributed by atoms with Crippen molar-refractivity contribution < 1.29 is 23.0 Å². The topological polar surface area (TPSA) is 94.3 Å². The Bertz CT molecular complexity index is 526. The zero-order valence-corrected chi connectivity index (χ0v) is 10.9. The van der Waals surface area contributed by atoms with Crippen molar-refractivity contribution in [3.05, 3.63) is 29.5 Å². The lowest BCUT2D eigenvalue weighted by molar-refractivity contribution is -0.674. The second-order valence-electron chi connectivity index (χ2n) is 3.13. The van der Waals surface area contributed by atoms with Gasteiger partial charge >= 0.3 is 10.0 Å². The molecule has 0 radical (unpaired) electrons. The summed E-state index contributed by atoms with van der Waals surface area (Å²) in [5.74, 6) is 0.511. The molecular formula is C9H13N3O5S. The van der Waals surface area contributed by atoms with Gasteiger partial charge in [0.1, 0.15) is 12.9 Å². The summed E-state index contributed by atoms with van der Waals surface area (Å²) < 4.78 is 29.3. The molecule has 0 N–H and O–H groups in total. The van der Waals surface area contributed by atoms with E-state index < -0.39 is 10.0 Å². The van der Waals surface area contributed by atoms with Gasteiger partial charge in [-0.15, -0.1) is 0 Å². The molecular weight excluding hydrogens is 262 g/mol. The molecule has 0 spiro atoms. The standard InChI is InChI=1S/C9H13N3O5S/c1-11(12(13)10-17-3)18(14,15)9-6-4-8(16-2)5-7-9/h4-7H,1-3H3. The van der Waals surface area contributed by atoms with Gasteiger partial charge in [-0.25, -0.2) is 0 Å². The number of benzene rings is 1. The van der Waals surface area contributed by atoms with Crippen LogP contribution in [-0.2, 0) is 14.9 Å².